The topological polar surface area (TPSA) is 81.5 Å². The molecule has 0 saturated carbocycles. The largest absolute Gasteiger partial charge is 0.490 e. The maximum Gasteiger partial charge on any atom is 0.311 e. The summed E-state index contributed by atoms with van der Waals surface area (Å²) in [6.07, 6.45) is 0. The first-order valence-corrected chi connectivity index (χ1v) is 8.39. The number of carbonyl (C=O) groups excluding carboxylic acids is 1. The zero-order valence-corrected chi connectivity index (χ0v) is 14.9. The number of thioether (sulfide) groups is 1. The molecule has 0 heterocycles. The standard InChI is InChI=1S/C16H14ClFN2O4S/c1-9-5-14(20(22)23)15(24-2)7-13(9)19-16(21)8-25-10-3-4-12(18)11(17)6-10/h3-7H,8H2,1-2H3,(H,19,21). The predicted octanol–water partition coefficient (Wildman–Crippen LogP) is 4.44. The molecule has 0 saturated heterocycles. The van der Waals surface area contributed by atoms with Crippen LogP contribution in [0.2, 0.25) is 5.02 Å². The van der Waals surface area contributed by atoms with Crippen molar-refractivity contribution in [3.05, 3.63) is 56.8 Å². The zero-order valence-electron chi connectivity index (χ0n) is 13.3. The maximum atomic E-state index is 13.1. The molecule has 2 aromatic carbocycles. The molecule has 0 fully saturated rings. The van der Waals surface area contributed by atoms with Gasteiger partial charge in [0.1, 0.15) is 5.82 Å². The molecule has 0 radical (unpaired) electrons. The van der Waals surface area contributed by atoms with Crippen molar-refractivity contribution in [3.63, 3.8) is 0 Å². The van der Waals surface area contributed by atoms with Gasteiger partial charge in [0.25, 0.3) is 0 Å². The minimum atomic E-state index is -0.550. The van der Waals surface area contributed by atoms with Crippen LogP contribution in [-0.4, -0.2) is 23.7 Å². The molecule has 6 nitrogen and oxygen atoms in total. The third-order valence-electron chi connectivity index (χ3n) is 3.26. The number of nitrogens with zero attached hydrogens (tertiary/aromatic N) is 1. The summed E-state index contributed by atoms with van der Waals surface area (Å²) in [5.74, 6) is -0.710. The molecule has 1 amide bonds. The molecule has 132 valence electrons. The lowest BCUT2D eigenvalue weighted by molar-refractivity contribution is -0.385. The van der Waals surface area contributed by atoms with Gasteiger partial charge in [-0.2, -0.15) is 0 Å². The first-order valence-electron chi connectivity index (χ1n) is 7.02. The van der Waals surface area contributed by atoms with Crippen LogP contribution in [0.4, 0.5) is 15.8 Å². The van der Waals surface area contributed by atoms with Gasteiger partial charge in [0.15, 0.2) is 5.75 Å². The number of hydrogen-bond donors (Lipinski definition) is 1. The van der Waals surface area contributed by atoms with E-state index in [9.17, 15) is 19.3 Å². The number of methoxy groups -OCH3 is 1. The van der Waals surface area contributed by atoms with E-state index in [0.717, 1.165) is 0 Å². The van der Waals surface area contributed by atoms with E-state index in [2.05, 4.69) is 5.32 Å². The number of ether oxygens (including phenoxy) is 1. The predicted molar refractivity (Wildman–Crippen MR) is 95.1 cm³/mol. The summed E-state index contributed by atoms with van der Waals surface area (Å²) >= 11 is 6.89. The molecule has 2 aromatic rings. The fraction of sp³-hybridized carbons (Fsp3) is 0.188. The van der Waals surface area contributed by atoms with Gasteiger partial charge in [-0.1, -0.05) is 11.6 Å². The van der Waals surface area contributed by atoms with E-state index in [1.807, 2.05) is 0 Å². The average Bonchev–Trinajstić information content (AvgIpc) is 2.57. The monoisotopic (exact) mass is 384 g/mol. The van der Waals surface area contributed by atoms with Gasteiger partial charge >= 0.3 is 5.69 Å². The third-order valence-corrected chi connectivity index (χ3v) is 4.54. The third kappa shape index (κ3) is 4.83. The summed E-state index contributed by atoms with van der Waals surface area (Å²) < 4.78 is 18.1. The van der Waals surface area contributed by atoms with Crippen molar-refractivity contribution in [1.29, 1.82) is 0 Å². The molecular formula is C16H14ClFN2O4S. The summed E-state index contributed by atoms with van der Waals surface area (Å²) in [5.41, 5.74) is 0.786. The highest BCUT2D eigenvalue weighted by Gasteiger charge is 2.18. The highest BCUT2D eigenvalue weighted by molar-refractivity contribution is 8.00. The van der Waals surface area contributed by atoms with Crippen LogP contribution in [0.25, 0.3) is 0 Å². The van der Waals surface area contributed by atoms with Crippen molar-refractivity contribution in [2.75, 3.05) is 18.2 Å². The normalized spacial score (nSPS) is 10.4. The molecule has 0 spiro atoms. The van der Waals surface area contributed by atoms with E-state index in [1.165, 1.54) is 49.2 Å². The van der Waals surface area contributed by atoms with Crippen LogP contribution in [-0.2, 0) is 4.79 Å². The molecule has 0 bridgehead atoms. The van der Waals surface area contributed by atoms with Crippen molar-refractivity contribution in [2.24, 2.45) is 0 Å². The molecule has 0 atom stereocenters. The Bertz CT molecular complexity index is 832. The number of aryl methyl sites for hydroxylation is 1. The van der Waals surface area contributed by atoms with Gasteiger partial charge in [-0.25, -0.2) is 4.39 Å². The Morgan fingerprint density at radius 2 is 2.12 bits per heavy atom. The van der Waals surface area contributed by atoms with Gasteiger partial charge in [0.05, 0.1) is 22.8 Å². The number of benzene rings is 2. The summed E-state index contributed by atoms with van der Waals surface area (Å²) in [6.45, 7) is 1.65. The molecule has 2 rings (SSSR count). The van der Waals surface area contributed by atoms with Crippen LogP contribution < -0.4 is 10.1 Å². The Morgan fingerprint density at radius 1 is 1.40 bits per heavy atom. The highest BCUT2D eigenvalue weighted by atomic mass is 35.5. The van der Waals surface area contributed by atoms with Gasteiger partial charge in [-0.05, 0) is 30.7 Å². The Morgan fingerprint density at radius 3 is 2.72 bits per heavy atom. The number of amides is 1. The molecule has 0 aliphatic rings. The minimum Gasteiger partial charge on any atom is -0.490 e. The van der Waals surface area contributed by atoms with Gasteiger partial charge in [-0.15, -0.1) is 11.8 Å². The van der Waals surface area contributed by atoms with Crippen LogP contribution in [0.3, 0.4) is 0 Å². The van der Waals surface area contributed by atoms with Gasteiger partial charge in [0, 0.05) is 22.7 Å². The van der Waals surface area contributed by atoms with Crippen LogP contribution in [0.1, 0.15) is 5.56 Å². The van der Waals surface area contributed by atoms with Crippen LogP contribution >= 0.6 is 23.4 Å². The van der Waals surface area contributed by atoms with Crippen molar-refractivity contribution in [3.8, 4) is 5.75 Å². The average molecular weight is 385 g/mol. The van der Waals surface area contributed by atoms with Crippen LogP contribution in [0, 0.1) is 22.9 Å². The SMILES string of the molecule is COc1cc(NC(=O)CSc2ccc(F)c(Cl)c2)c(C)cc1[N+](=O)[O-]. The second kappa shape index (κ2) is 8.17. The number of hydrogen-bond acceptors (Lipinski definition) is 5. The number of nitro benzene ring substituents is 1. The summed E-state index contributed by atoms with van der Waals surface area (Å²) in [7, 11) is 1.32. The fourth-order valence-electron chi connectivity index (χ4n) is 2.02. The summed E-state index contributed by atoms with van der Waals surface area (Å²) in [4.78, 5) is 23.2. The molecule has 0 aliphatic heterocycles. The van der Waals surface area contributed by atoms with Crippen molar-refractivity contribution in [2.45, 2.75) is 11.8 Å². The Hall–Kier alpha value is -2.32. The lowest BCUT2D eigenvalue weighted by atomic mass is 10.1. The van der Waals surface area contributed by atoms with E-state index < -0.39 is 10.7 Å². The molecular weight excluding hydrogens is 371 g/mol. The van der Waals surface area contributed by atoms with Gasteiger partial charge < -0.3 is 10.1 Å². The second-order valence-electron chi connectivity index (χ2n) is 5.01. The van der Waals surface area contributed by atoms with Crippen molar-refractivity contribution >= 4 is 40.6 Å². The van der Waals surface area contributed by atoms with E-state index >= 15 is 0 Å². The minimum absolute atomic E-state index is 0.0126. The second-order valence-corrected chi connectivity index (χ2v) is 6.46. The molecule has 0 aliphatic carbocycles. The quantitative estimate of drug-likeness (QED) is 0.452. The fourth-order valence-corrected chi connectivity index (χ4v) is 3.00. The Labute approximate surface area is 152 Å². The smallest absolute Gasteiger partial charge is 0.311 e. The number of rotatable bonds is 6. The Balaban J connectivity index is 2.07. The van der Waals surface area contributed by atoms with Gasteiger partial charge in [0.2, 0.25) is 5.91 Å². The number of halogens is 2. The Kier molecular flexibility index (Phi) is 6.22. The van der Waals surface area contributed by atoms with Crippen LogP contribution in [0.5, 0.6) is 5.75 Å². The molecule has 9 heteroatoms. The number of nitro groups is 1. The van der Waals surface area contributed by atoms with E-state index in [4.69, 9.17) is 16.3 Å². The lowest BCUT2D eigenvalue weighted by Crippen LogP contribution is -2.15. The molecule has 0 unspecified atom stereocenters. The molecule has 25 heavy (non-hydrogen) atoms. The first-order chi connectivity index (χ1) is 11.8. The summed E-state index contributed by atoms with van der Waals surface area (Å²) in [6, 6.07) is 6.94. The lowest BCUT2D eigenvalue weighted by Gasteiger charge is -2.11. The highest BCUT2D eigenvalue weighted by Crippen LogP contribution is 2.33. The van der Waals surface area contributed by atoms with E-state index in [-0.39, 0.29) is 28.1 Å². The van der Waals surface area contributed by atoms with Crippen molar-refractivity contribution in [1.82, 2.24) is 0 Å². The van der Waals surface area contributed by atoms with Gasteiger partial charge in [-0.3, -0.25) is 14.9 Å². The zero-order chi connectivity index (χ0) is 18.6. The molecule has 1 N–H and O–H groups in total. The van der Waals surface area contributed by atoms with E-state index in [0.29, 0.717) is 16.1 Å². The number of anilines is 1. The van der Waals surface area contributed by atoms with Crippen molar-refractivity contribution < 1.29 is 18.8 Å². The first kappa shape index (κ1) is 19.0. The maximum absolute atomic E-state index is 13.1. The van der Waals surface area contributed by atoms with E-state index in [1.54, 1.807) is 6.92 Å². The van der Waals surface area contributed by atoms with Crippen LogP contribution in [0.15, 0.2) is 35.2 Å². The number of carbonyl (C=O) groups is 1. The molecule has 0 aromatic heterocycles. The summed E-state index contributed by atoms with van der Waals surface area (Å²) in [5, 5.41) is 13.6. The number of nitrogens with one attached hydrogen (secondary N) is 1.